The van der Waals surface area contributed by atoms with Gasteiger partial charge in [-0.1, -0.05) is 0 Å². The van der Waals surface area contributed by atoms with E-state index >= 15 is 0 Å². The third-order valence-corrected chi connectivity index (χ3v) is 3.90. The average molecular weight is 296 g/mol. The summed E-state index contributed by atoms with van der Waals surface area (Å²) >= 11 is 0.00993. The number of nitrogens with zero attached hydrogens (tertiary/aromatic N) is 3. The van der Waals surface area contributed by atoms with Crippen LogP contribution in [-0.4, -0.2) is 29.2 Å². The molecule has 2 rings (SSSR count). The van der Waals surface area contributed by atoms with Gasteiger partial charge in [-0.15, -0.1) is 0 Å². The molecule has 2 aromatic rings. The Hall–Kier alpha value is -1.19. The summed E-state index contributed by atoms with van der Waals surface area (Å²) in [7, 11) is 0. The van der Waals surface area contributed by atoms with Crippen LogP contribution >= 0.6 is 0 Å². The molecule has 17 heavy (non-hydrogen) atoms. The third-order valence-electron chi connectivity index (χ3n) is 2.67. The fourth-order valence-corrected chi connectivity index (χ4v) is 2.40. The molecule has 1 aromatic heterocycles. The zero-order valence-electron chi connectivity index (χ0n) is 10.4. The van der Waals surface area contributed by atoms with Crippen LogP contribution in [0.4, 0.5) is 0 Å². The third kappa shape index (κ3) is 2.26. The van der Waals surface area contributed by atoms with E-state index < -0.39 is 0 Å². The molecule has 90 valence electrons. The molecule has 0 N–H and O–H groups in total. The van der Waals surface area contributed by atoms with E-state index in [1.165, 1.54) is 3.70 Å². The standard InChI is InChI=1S/C12H15N3OSe/c1-12(2,3)8-5-6-10-9(7-8)11(16)15(17-4)14-13-10/h5-7H,1-4H3. The first-order valence-electron chi connectivity index (χ1n) is 5.38. The van der Waals surface area contributed by atoms with Crippen LogP contribution in [0.1, 0.15) is 26.3 Å². The van der Waals surface area contributed by atoms with Crippen molar-refractivity contribution in [1.82, 2.24) is 14.0 Å². The van der Waals surface area contributed by atoms with Crippen molar-refractivity contribution in [3.8, 4) is 0 Å². The van der Waals surface area contributed by atoms with Gasteiger partial charge in [0.25, 0.3) is 0 Å². The van der Waals surface area contributed by atoms with E-state index in [2.05, 4.69) is 31.1 Å². The van der Waals surface area contributed by atoms with Gasteiger partial charge in [0.2, 0.25) is 0 Å². The summed E-state index contributed by atoms with van der Waals surface area (Å²) in [5.41, 5.74) is 1.81. The van der Waals surface area contributed by atoms with Gasteiger partial charge in [0, 0.05) is 0 Å². The van der Waals surface area contributed by atoms with Crippen LogP contribution in [0.5, 0.6) is 0 Å². The summed E-state index contributed by atoms with van der Waals surface area (Å²) in [5.74, 6) is 1.95. The maximum absolute atomic E-state index is 12.1. The molecule has 0 saturated heterocycles. The quantitative estimate of drug-likeness (QED) is 0.751. The Morgan fingerprint density at radius 1 is 1.29 bits per heavy atom. The van der Waals surface area contributed by atoms with Gasteiger partial charge in [0.1, 0.15) is 0 Å². The van der Waals surface area contributed by atoms with Crippen molar-refractivity contribution in [1.29, 1.82) is 0 Å². The molecule has 4 nitrogen and oxygen atoms in total. The first-order valence-corrected chi connectivity index (χ1v) is 7.86. The van der Waals surface area contributed by atoms with E-state index in [-0.39, 0.29) is 26.1 Å². The Kier molecular flexibility index (Phi) is 3.06. The summed E-state index contributed by atoms with van der Waals surface area (Å²) in [6.07, 6.45) is 0. The second-order valence-corrected chi connectivity index (χ2v) is 6.42. The van der Waals surface area contributed by atoms with Gasteiger partial charge in [-0.05, 0) is 0 Å². The van der Waals surface area contributed by atoms with Gasteiger partial charge < -0.3 is 0 Å². The minimum absolute atomic E-state index is 0.00993. The topological polar surface area (TPSA) is 47.8 Å². The number of hydrogen-bond acceptors (Lipinski definition) is 3. The van der Waals surface area contributed by atoms with Crippen molar-refractivity contribution in [2.24, 2.45) is 0 Å². The van der Waals surface area contributed by atoms with Gasteiger partial charge in [-0.3, -0.25) is 0 Å². The molecule has 5 heteroatoms. The predicted octanol–water partition coefficient (Wildman–Crippen LogP) is 1.60. The summed E-state index contributed by atoms with van der Waals surface area (Å²) in [5, 5.41) is 8.63. The monoisotopic (exact) mass is 297 g/mol. The molecule has 1 aromatic carbocycles. The van der Waals surface area contributed by atoms with Crippen molar-refractivity contribution >= 4 is 26.1 Å². The molecule has 0 aliphatic rings. The molecule has 0 unspecified atom stereocenters. The van der Waals surface area contributed by atoms with Gasteiger partial charge in [-0.2, -0.15) is 0 Å². The summed E-state index contributed by atoms with van der Waals surface area (Å²) in [4.78, 5) is 12.1. The van der Waals surface area contributed by atoms with Gasteiger partial charge >= 0.3 is 106 Å². The van der Waals surface area contributed by atoms with E-state index in [4.69, 9.17) is 0 Å². The molecular formula is C12H15N3OSe. The summed E-state index contributed by atoms with van der Waals surface area (Å²) in [6, 6.07) is 5.82. The van der Waals surface area contributed by atoms with Gasteiger partial charge in [-0.25, -0.2) is 0 Å². The molecule has 0 aliphatic carbocycles. The SMILES string of the molecule is C[Se]n1nnc2ccc(C(C)(C)C)cc2c1=O. The fourth-order valence-electron chi connectivity index (χ4n) is 1.61. The second kappa shape index (κ2) is 4.24. The Bertz CT molecular complexity index is 613. The Morgan fingerprint density at radius 2 is 2.00 bits per heavy atom. The zero-order chi connectivity index (χ0) is 12.6. The minimum atomic E-state index is -0.0383. The van der Waals surface area contributed by atoms with Crippen LogP contribution in [0.15, 0.2) is 23.0 Å². The van der Waals surface area contributed by atoms with Crippen LogP contribution in [0.3, 0.4) is 0 Å². The van der Waals surface area contributed by atoms with Crippen LogP contribution in [0.25, 0.3) is 10.9 Å². The average Bonchev–Trinajstić information content (AvgIpc) is 2.28. The Morgan fingerprint density at radius 3 is 2.59 bits per heavy atom. The van der Waals surface area contributed by atoms with Crippen molar-refractivity contribution in [3.05, 3.63) is 34.1 Å². The molecule has 0 aliphatic heterocycles. The fraction of sp³-hybridized carbons (Fsp3) is 0.417. The van der Waals surface area contributed by atoms with Crippen LogP contribution in [0, 0.1) is 0 Å². The van der Waals surface area contributed by atoms with Crippen LogP contribution in [0.2, 0.25) is 5.82 Å². The molecule has 1 heterocycles. The predicted molar refractivity (Wildman–Crippen MR) is 69.5 cm³/mol. The molecule has 0 spiro atoms. The van der Waals surface area contributed by atoms with Gasteiger partial charge in [0.05, 0.1) is 0 Å². The summed E-state index contributed by atoms with van der Waals surface area (Å²) < 4.78 is 1.45. The van der Waals surface area contributed by atoms with Crippen molar-refractivity contribution in [3.63, 3.8) is 0 Å². The van der Waals surface area contributed by atoms with E-state index in [1.807, 2.05) is 24.0 Å². The van der Waals surface area contributed by atoms with Crippen LogP contribution < -0.4 is 5.56 Å². The molecule has 0 atom stereocenters. The zero-order valence-corrected chi connectivity index (χ0v) is 12.1. The number of rotatable bonds is 1. The number of benzene rings is 1. The maximum atomic E-state index is 12.1. The molecular weight excluding hydrogens is 281 g/mol. The summed E-state index contributed by atoms with van der Waals surface area (Å²) in [6.45, 7) is 6.39. The van der Waals surface area contributed by atoms with E-state index in [0.29, 0.717) is 10.9 Å². The molecule has 0 amide bonds. The van der Waals surface area contributed by atoms with Crippen molar-refractivity contribution in [2.75, 3.05) is 0 Å². The van der Waals surface area contributed by atoms with Crippen molar-refractivity contribution in [2.45, 2.75) is 32.0 Å². The van der Waals surface area contributed by atoms with E-state index in [0.717, 1.165) is 5.56 Å². The Balaban J connectivity index is 2.75. The Labute approximate surface area is 106 Å². The molecule has 0 radical (unpaired) electrons. The number of hydrogen-bond donors (Lipinski definition) is 0. The number of fused-ring (bicyclic) bond motifs is 1. The van der Waals surface area contributed by atoms with Gasteiger partial charge in [0.15, 0.2) is 0 Å². The van der Waals surface area contributed by atoms with E-state index in [9.17, 15) is 4.79 Å². The molecule has 0 bridgehead atoms. The molecule has 0 fully saturated rings. The first kappa shape index (κ1) is 12.3. The second-order valence-electron chi connectivity index (χ2n) is 4.93. The van der Waals surface area contributed by atoms with Crippen LogP contribution in [-0.2, 0) is 5.41 Å². The van der Waals surface area contributed by atoms with E-state index in [1.54, 1.807) is 0 Å². The first-order chi connectivity index (χ1) is 7.93. The van der Waals surface area contributed by atoms with Crippen molar-refractivity contribution < 1.29 is 0 Å². The number of aromatic nitrogens is 3. The molecule has 0 saturated carbocycles. The normalized spacial score (nSPS) is 12.0.